The van der Waals surface area contributed by atoms with Crippen molar-refractivity contribution >= 4 is 35.5 Å². The topological polar surface area (TPSA) is 57.5 Å². The van der Waals surface area contributed by atoms with Crippen LogP contribution in [0.3, 0.4) is 0 Å². The molecule has 0 spiro atoms. The van der Waals surface area contributed by atoms with Crippen molar-refractivity contribution in [3.05, 3.63) is 35.4 Å². The van der Waals surface area contributed by atoms with Gasteiger partial charge in [-0.1, -0.05) is 18.2 Å². The van der Waals surface area contributed by atoms with Gasteiger partial charge in [-0.15, -0.1) is 0 Å². The van der Waals surface area contributed by atoms with Crippen LogP contribution < -0.4 is 0 Å². The van der Waals surface area contributed by atoms with Crippen LogP contribution in [-0.4, -0.2) is 45.7 Å². The van der Waals surface area contributed by atoms with Crippen molar-refractivity contribution in [3.63, 3.8) is 0 Å². The van der Waals surface area contributed by atoms with E-state index in [9.17, 15) is 4.79 Å². The van der Waals surface area contributed by atoms with Crippen molar-refractivity contribution in [2.24, 2.45) is 0 Å². The van der Waals surface area contributed by atoms with Crippen LogP contribution in [0.4, 0.5) is 0 Å². The van der Waals surface area contributed by atoms with Gasteiger partial charge < -0.3 is 10.2 Å². The molecule has 1 radical (unpaired) electrons. The van der Waals surface area contributed by atoms with E-state index in [0.29, 0.717) is 5.56 Å². The Morgan fingerprint density at radius 2 is 1.92 bits per heavy atom. The minimum Gasteiger partial charge on any atom is -0.478 e. The first-order chi connectivity index (χ1) is 5.25. The van der Waals surface area contributed by atoms with E-state index in [1.165, 1.54) is 6.07 Å². The number of hydrogen-bond donors (Lipinski definition) is 2. The number of carboxylic acids is 1. The summed E-state index contributed by atoms with van der Waals surface area (Å²) in [5, 5.41) is 17.3. The number of carbonyl (C=O) groups is 1. The van der Waals surface area contributed by atoms with E-state index in [1.807, 2.05) is 0 Å². The van der Waals surface area contributed by atoms with Crippen LogP contribution in [0.5, 0.6) is 0 Å². The molecule has 59 valence electrons. The molecule has 12 heavy (non-hydrogen) atoms. The predicted molar refractivity (Wildman–Crippen MR) is 45.1 cm³/mol. The standard InChI is InChI=1S/C8H8O3.Na/c9-5-6-3-1-2-4-7(6)8(10)11;/h1-4,9H,5H2,(H,10,11);. The van der Waals surface area contributed by atoms with Gasteiger partial charge in [0.1, 0.15) is 0 Å². The summed E-state index contributed by atoms with van der Waals surface area (Å²) in [7, 11) is 0. The fourth-order valence-corrected chi connectivity index (χ4v) is 0.867. The second kappa shape index (κ2) is 5.32. The predicted octanol–water partition coefficient (Wildman–Crippen LogP) is 0.496. The first kappa shape index (κ1) is 11.6. The van der Waals surface area contributed by atoms with E-state index in [2.05, 4.69) is 0 Å². The summed E-state index contributed by atoms with van der Waals surface area (Å²) in [6, 6.07) is 6.37. The van der Waals surface area contributed by atoms with Crippen LogP contribution in [0, 0.1) is 0 Å². The molecule has 0 aromatic heterocycles. The molecule has 0 heterocycles. The van der Waals surface area contributed by atoms with Crippen molar-refractivity contribution in [1.82, 2.24) is 0 Å². The van der Waals surface area contributed by atoms with Gasteiger partial charge >= 0.3 is 5.97 Å². The molecular formula is C8H8NaO3. The fourth-order valence-electron chi connectivity index (χ4n) is 0.867. The Labute approximate surface area is 92.3 Å². The largest absolute Gasteiger partial charge is 0.478 e. The summed E-state index contributed by atoms with van der Waals surface area (Å²) in [6.45, 7) is -0.234. The van der Waals surface area contributed by atoms with E-state index in [-0.39, 0.29) is 41.7 Å². The van der Waals surface area contributed by atoms with E-state index in [1.54, 1.807) is 18.2 Å². The molecule has 0 saturated carbocycles. The van der Waals surface area contributed by atoms with Crippen LogP contribution in [0.2, 0.25) is 0 Å². The minimum atomic E-state index is -1.00. The average molecular weight is 175 g/mol. The Morgan fingerprint density at radius 1 is 1.33 bits per heavy atom. The first-order valence-electron chi connectivity index (χ1n) is 3.17. The van der Waals surface area contributed by atoms with E-state index < -0.39 is 5.97 Å². The Hall–Kier alpha value is -0.350. The van der Waals surface area contributed by atoms with Crippen molar-refractivity contribution in [2.75, 3.05) is 0 Å². The fraction of sp³-hybridized carbons (Fsp3) is 0.125. The molecule has 1 aromatic carbocycles. The normalized spacial score (nSPS) is 8.75. The molecule has 1 aromatic rings. The average Bonchev–Trinajstić information content (AvgIpc) is 2.04. The number of hydrogen-bond acceptors (Lipinski definition) is 2. The number of rotatable bonds is 2. The van der Waals surface area contributed by atoms with Gasteiger partial charge in [-0.25, -0.2) is 4.79 Å². The zero-order valence-electron chi connectivity index (χ0n) is 6.82. The molecule has 0 aliphatic heterocycles. The van der Waals surface area contributed by atoms with Crippen LogP contribution in [0.15, 0.2) is 24.3 Å². The van der Waals surface area contributed by atoms with Crippen molar-refractivity contribution in [1.29, 1.82) is 0 Å². The summed E-state index contributed by atoms with van der Waals surface area (Å²) in [5.74, 6) is -1.00. The SMILES string of the molecule is O=C(O)c1ccccc1CO.[Na]. The molecule has 0 fully saturated rings. The van der Waals surface area contributed by atoms with Gasteiger partial charge in [-0.3, -0.25) is 0 Å². The molecule has 2 N–H and O–H groups in total. The molecule has 0 saturated heterocycles. The quantitative estimate of drug-likeness (QED) is 0.643. The zero-order chi connectivity index (χ0) is 8.27. The number of benzene rings is 1. The molecule has 0 aliphatic carbocycles. The number of aliphatic hydroxyl groups excluding tert-OH is 1. The molecule has 0 bridgehead atoms. The van der Waals surface area contributed by atoms with Gasteiger partial charge in [0.15, 0.2) is 0 Å². The Balaban J connectivity index is 0.00000121. The van der Waals surface area contributed by atoms with Crippen molar-refractivity contribution in [3.8, 4) is 0 Å². The molecule has 0 unspecified atom stereocenters. The zero-order valence-corrected chi connectivity index (χ0v) is 8.82. The third-order valence-corrected chi connectivity index (χ3v) is 1.42. The van der Waals surface area contributed by atoms with Crippen LogP contribution >= 0.6 is 0 Å². The van der Waals surface area contributed by atoms with Crippen LogP contribution in [0.1, 0.15) is 15.9 Å². The van der Waals surface area contributed by atoms with Gasteiger partial charge in [0.05, 0.1) is 12.2 Å². The first-order valence-corrected chi connectivity index (χ1v) is 3.17. The third-order valence-electron chi connectivity index (χ3n) is 1.42. The second-order valence-corrected chi connectivity index (χ2v) is 2.12. The van der Waals surface area contributed by atoms with E-state index in [4.69, 9.17) is 10.2 Å². The Kier molecular flexibility index (Phi) is 5.17. The summed E-state index contributed by atoms with van der Waals surface area (Å²) in [4.78, 5) is 10.5. The second-order valence-electron chi connectivity index (χ2n) is 2.12. The van der Waals surface area contributed by atoms with E-state index in [0.717, 1.165) is 0 Å². The third kappa shape index (κ3) is 2.60. The van der Waals surface area contributed by atoms with E-state index >= 15 is 0 Å². The van der Waals surface area contributed by atoms with Gasteiger partial charge in [-0.2, -0.15) is 0 Å². The Bertz CT molecular complexity index is 273. The molecule has 4 heteroatoms. The maximum Gasteiger partial charge on any atom is 0.336 e. The van der Waals surface area contributed by atoms with Crippen LogP contribution in [-0.2, 0) is 6.61 Å². The summed E-state index contributed by atoms with van der Waals surface area (Å²) in [6.07, 6.45) is 0. The minimum absolute atomic E-state index is 0. The molecule has 1 rings (SSSR count). The van der Waals surface area contributed by atoms with Crippen LogP contribution in [0.25, 0.3) is 0 Å². The number of aromatic carboxylic acids is 1. The molecular weight excluding hydrogens is 167 g/mol. The van der Waals surface area contributed by atoms with Gasteiger partial charge in [0.2, 0.25) is 0 Å². The molecule has 0 aliphatic rings. The van der Waals surface area contributed by atoms with Gasteiger partial charge in [0.25, 0.3) is 0 Å². The van der Waals surface area contributed by atoms with Crippen molar-refractivity contribution in [2.45, 2.75) is 6.61 Å². The summed E-state index contributed by atoms with van der Waals surface area (Å²) in [5.41, 5.74) is 0.606. The molecule has 0 amide bonds. The van der Waals surface area contributed by atoms with Gasteiger partial charge in [-0.05, 0) is 11.6 Å². The number of carboxylic acid groups (broad SMARTS) is 1. The monoisotopic (exact) mass is 175 g/mol. The Morgan fingerprint density at radius 3 is 2.33 bits per heavy atom. The smallest absolute Gasteiger partial charge is 0.336 e. The summed E-state index contributed by atoms with van der Waals surface area (Å²) < 4.78 is 0. The number of aliphatic hydroxyl groups is 1. The maximum absolute atomic E-state index is 10.5. The summed E-state index contributed by atoms with van der Waals surface area (Å²) >= 11 is 0. The van der Waals surface area contributed by atoms with Crippen molar-refractivity contribution < 1.29 is 15.0 Å². The maximum atomic E-state index is 10.5. The molecule has 0 atom stereocenters. The van der Waals surface area contributed by atoms with Gasteiger partial charge in [0, 0.05) is 29.6 Å². The molecule has 3 nitrogen and oxygen atoms in total.